The molecule has 0 unspecified atom stereocenters. The summed E-state index contributed by atoms with van der Waals surface area (Å²) < 4.78 is 5.17. The van der Waals surface area contributed by atoms with E-state index in [4.69, 9.17) is 27.9 Å². The van der Waals surface area contributed by atoms with E-state index >= 15 is 0 Å². The van der Waals surface area contributed by atoms with Crippen LogP contribution in [0.1, 0.15) is 6.42 Å². The smallest absolute Gasteiger partial charge is 0.224 e. The Kier molecular flexibility index (Phi) is 6.80. The molecule has 0 saturated carbocycles. The summed E-state index contributed by atoms with van der Waals surface area (Å²) in [4.78, 5) is 13.5. The van der Waals surface area contributed by atoms with Crippen molar-refractivity contribution in [1.82, 2.24) is 10.2 Å². The van der Waals surface area contributed by atoms with Crippen LogP contribution in [-0.2, 0) is 9.53 Å². The normalized spacial score (nSPS) is 17.6. The molecule has 0 aromatic heterocycles. The van der Waals surface area contributed by atoms with Crippen molar-refractivity contribution in [3.8, 4) is 0 Å². The Morgan fingerprint density at radius 1 is 1.44 bits per heavy atom. The van der Waals surface area contributed by atoms with Crippen molar-refractivity contribution in [2.45, 2.75) is 6.42 Å². The van der Waals surface area contributed by atoms with Gasteiger partial charge < -0.3 is 15.0 Å². The van der Waals surface area contributed by atoms with E-state index in [1.807, 2.05) is 4.90 Å². The lowest BCUT2D eigenvalue weighted by Crippen LogP contribution is -2.41. The zero-order valence-electron chi connectivity index (χ0n) is 9.05. The highest BCUT2D eigenvalue weighted by Crippen LogP contribution is 2.01. The van der Waals surface area contributed by atoms with Crippen LogP contribution in [-0.4, -0.2) is 50.2 Å². The highest BCUT2D eigenvalue weighted by molar-refractivity contribution is 6.36. The second-order valence-corrected chi connectivity index (χ2v) is 4.18. The molecule has 1 N–H and O–H groups in total. The molecule has 6 heteroatoms. The highest BCUT2D eigenvalue weighted by atomic mass is 35.5. The zero-order valence-corrected chi connectivity index (χ0v) is 10.6. The van der Waals surface area contributed by atoms with Gasteiger partial charge in [0.15, 0.2) is 0 Å². The van der Waals surface area contributed by atoms with Gasteiger partial charge in [-0.1, -0.05) is 23.2 Å². The molecular formula is C10H16Cl2N2O2. The molecule has 0 atom stereocenters. The van der Waals surface area contributed by atoms with Gasteiger partial charge in [0.2, 0.25) is 5.91 Å². The zero-order chi connectivity index (χ0) is 11.8. The van der Waals surface area contributed by atoms with E-state index < -0.39 is 0 Å². The third-order valence-electron chi connectivity index (χ3n) is 2.29. The maximum atomic E-state index is 11.7. The van der Waals surface area contributed by atoms with Gasteiger partial charge in [-0.3, -0.25) is 4.79 Å². The van der Waals surface area contributed by atoms with Crippen molar-refractivity contribution < 1.29 is 9.53 Å². The summed E-state index contributed by atoms with van der Waals surface area (Å²) in [5.74, 6) is 0.154. The first-order valence-electron chi connectivity index (χ1n) is 5.25. The number of carbonyl (C=O) groups is 1. The molecule has 1 saturated heterocycles. The second kappa shape index (κ2) is 7.90. The largest absolute Gasteiger partial charge is 0.378 e. The van der Waals surface area contributed by atoms with Crippen LogP contribution in [0, 0.1) is 0 Å². The lowest BCUT2D eigenvalue weighted by Gasteiger charge is -2.26. The van der Waals surface area contributed by atoms with Gasteiger partial charge >= 0.3 is 0 Å². The predicted molar refractivity (Wildman–Crippen MR) is 64.7 cm³/mol. The van der Waals surface area contributed by atoms with Crippen LogP contribution < -0.4 is 5.32 Å². The molecule has 0 aromatic carbocycles. The van der Waals surface area contributed by atoms with E-state index in [2.05, 4.69) is 5.32 Å². The van der Waals surface area contributed by atoms with Crippen molar-refractivity contribution in [3.63, 3.8) is 0 Å². The average Bonchev–Trinajstić information content (AvgIpc) is 2.35. The quantitative estimate of drug-likeness (QED) is 0.760. The standard InChI is InChI=1S/C10H16Cl2N2O2/c11-7-9(12)8-13-2-1-10(15)14-3-5-16-6-4-14/h7,13H,1-6,8H2/b9-7+. The maximum Gasteiger partial charge on any atom is 0.224 e. The van der Waals surface area contributed by atoms with Gasteiger partial charge in [-0.05, 0) is 0 Å². The summed E-state index contributed by atoms with van der Waals surface area (Å²) in [5, 5.41) is 3.58. The van der Waals surface area contributed by atoms with Crippen LogP contribution in [0.2, 0.25) is 0 Å². The van der Waals surface area contributed by atoms with Crippen molar-refractivity contribution in [3.05, 3.63) is 10.6 Å². The second-order valence-electron chi connectivity index (χ2n) is 3.48. The Balaban J connectivity index is 2.10. The lowest BCUT2D eigenvalue weighted by molar-refractivity contribution is -0.135. The Labute approximate surface area is 106 Å². The molecule has 1 aliphatic rings. The minimum Gasteiger partial charge on any atom is -0.378 e. The number of hydrogen-bond donors (Lipinski definition) is 1. The Bertz CT molecular complexity index is 253. The van der Waals surface area contributed by atoms with Crippen LogP contribution in [0.4, 0.5) is 0 Å². The molecule has 92 valence electrons. The van der Waals surface area contributed by atoms with Crippen LogP contribution in [0.5, 0.6) is 0 Å². The number of morpholine rings is 1. The summed E-state index contributed by atoms with van der Waals surface area (Å²) in [5.41, 5.74) is 1.32. The summed E-state index contributed by atoms with van der Waals surface area (Å²) in [6, 6.07) is 0. The van der Waals surface area contributed by atoms with E-state index in [1.54, 1.807) is 0 Å². The van der Waals surface area contributed by atoms with Gasteiger partial charge in [-0.15, -0.1) is 0 Å². The fourth-order valence-electron chi connectivity index (χ4n) is 1.41. The molecule has 0 bridgehead atoms. The molecule has 4 nitrogen and oxygen atoms in total. The molecule has 0 radical (unpaired) electrons. The van der Waals surface area contributed by atoms with Crippen molar-refractivity contribution in [1.29, 1.82) is 0 Å². The van der Waals surface area contributed by atoms with Gasteiger partial charge in [0.1, 0.15) is 0 Å². The van der Waals surface area contributed by atoms with E-state index in [-0.39, 0.29) is 5.91 Å². The van der Waals surface area contributed by atoms with Crippen LogP contribution >= 0.6 is 23.2 Å². The number of amides is 1. The molecule has 1 heterocycles. The minimum absolute atomic E-state index is 0.154. The molecule has 1 rings (SSSR count). The van der Waals surface area contributed by atoms with Crippen molar-refractivity contribution >= 4 is 29.1 Å². The number of hydrogen-bond acceptors (Lipinski definition) is 3. The Morgan fingerprint density at radius 2 is 2.12 bits per heavy atom. The number of nitrogens with zero attached hydrogens (tertiary/aromatic N) is 1. The van der Waals surface area contributed by atoms with Gasteiger partial charge in [-0.25, -0.2) is 0 Å². The summed E-state index contributed by atoms with van der Waals surface area (Å²) >= 11 is 11.1. The van der Waals surface area contributed by atoms with Gasteiger partial charge in [0.25, 0.3) is 0 Å². The highest BCUT2D eigenvalue weighted by Gasteiger charge is 2.15. The summed E-state index contributed by atoms with van der Waals surface area (Å²) in [6.45, 7) is 3.78. The molecular weight excluding hydrogens is 251 g/mol. The minimum atomic E-state index is 0.154. The third kappa shape index (κ3) is 5.16. The maximum absolute atomic E-state index is 11.7. The molecule has 0 aromatic rings. The number of nitrogens with one attached hydrogen (secondary N) is 1. The fourth-order valence-corrected chi connectivity index (χ4v) is 1.58. The Morgan fingerprint density at radius 3 is 2.75 bits per heavy atom. The van der Waals surface area contributed by atoms with Gasteiger partial charge in [0.05, 0.1) is 13.2 Å². The number of ether oxygens (including phenoxy) is 1. The monoisotopic (exact) mass is 266 g/mol. The first-order valence-corrected chi connectivity index (χ1v) is 6.06. The average molecular weight is 267 g/mol. The van der Waals surface area contributed by atoms with E-state index in [0.29, 0.717) is 50.8 Å². The van der Waals surface area contributed by atoms with Crippen LogP contribution in [0.15, 0.2) is 10.6 Å². The molecule has 1 amide bonds. The first-order chi connectivity index (χ1) is 7.74. The Hall–Kier alpha value is -0.290. The molecule has 1 fully saturated rings. The van der Waals surface area contributed by atoms with Gasteiger partial charge in [0, 0.05) is 43.2 Å². The van der Waals surface area contributed by atoms with Crippen molar-refractivity contribution in [2.75, 3.05) is 39.4 Å². The van der Waals surface area contributed by atoms with Gasteiger partial charge in [-0.2, -0.15) is 0 Å². The first kappa shape index (κ1) is 13.8. The van der Waals surface area contributed by atoms with E-state index in [1.165, 1.54) is 5.54 Å². The third-order valence-corrected chi connectivity index (χ3v) is 2.91. The van der Waals surface area contributed by atoms with Crippen LogP contribution in [0.3, 0.4) is 0 Å². The van der Waals surface area contributed by atoms with Crippen molar-refractivity contribution in [2.24, 2.45) is 0 Å². The SMILES string of the molecule is O=C(CCNC/C(Cl)=C\Cl)N1CCOCC1. The molecule has 0 aliphatic carbocycles. The molecule has 0 spiro atoms. The predicted octanol–water partition coefficient (Wildman–Crippen LogP) is 1.14. The number of rotatable bonds is 5. The topological polar surface area (TPSA) is 41.6 Å². The summed E-state index contributed by atoms with van der Waals surface area (Å²) in [6.07, 6.45) is 0.479. The lowest BCUT2D eigenvalue weighted by atomic mass is 10.3. The van der Waals surface area contributed by atoms with E-state index in [0.717, 1.165) is 0 Å². The summed E-state index contributed by atoms with van der Waals surface area (Å²) in [7, 11) is 0. The number of halogens is 2. The molecule has 16 heavy (non-hydrogen) atoms. The fraction of sp³-hybridized carbons (Fsp3) is 0.700. The molecule has 1 aliphatic heterocycles. The van der Waals surface area contributed by atoms with Crippen LogP contribution in [0.25, 0.3) is 0 Å². The van der Waals surface area contributed by atoms with E-state index in [9.17, 15) is 4.79 Å². The number of carbonyl (C=O) groups excluding carboxylic acids is 1.